The van der Waals surface area contributed by atoms with Gasteiger partial charge in [-0.25, -0.2) is 4.99 Å². The van der Waals surface area contributed by atoms with E-state index in [9.17, 15) is 4.79 Å². The number of aliphatic imine (C=N–C) groups is 1. The van der Waals surface area contributed by atoms with Crippen LogP contribution in [0.2, 0.25) is 0 Å². The third kappa shape index (κ3) is 6.40. The fraction of sp³-hybridized carbons (Fsp3) is 0.636. The number of halogens is 1. The van der Waals surface area contributed by atoms with Gasteiger partial charge < -0.3 is 15.8 Å². The van der Waals surface area contributed by atoms with Crippen molar-refractivity contribution in [2.24, 2.45) is 28.0 Å². The van der Waals surface area contributed by atoms with Crippen LogP contribution in [0.1, 0.15) is 60.3 Å². The summed E-state index contributed by atoms with van der Waals surface area (Å²) >= 11 is 6.50. The lowest BCUT2D eigenvalue weighted by Gasteiger charge is -2.32. The average molecular weight is 410 g/mol. The molecule has 3 unspecified atom stereocenters. The minimum absolute atomic E-state index is 0.0936. The zero-order valence-electron chi connectivity index (χ0n) is 18.1. The third-order valence-corrected chi connectivity index (χ3v) is 6.19. The first-order valence-corrected chi connectivity index (χ1v) is 10.5. The van der Waals surface area contributed by atoms with Crippen molar-refractivity contribution in [3.05, 3.63) is 34.7 Å². The number of amides is 1. The highest BCUT2D eigenvalue weighted by Gasteiger charge is 2.41. The van der Waals surface area contributed by atoms with Gasteiger partial charge >= 0.3 is 0 Å². The van der Waals surface area contributed by atoms with Crippen molar-refractivity contribution >= 4 is 23.3 Å². The molecule has 0 aliphatic heterocycles. The molecule has 0 bridgehead atoms. The Kier molecular flexibility index (Phi) is 9.80. The molecule has 3 N–H and O–H groups in total. The summed E-state index contributed by atoms with van der Waals surface area (Å²) < 4.78 is 5.48. The van der Waals surface area contributed by atoms with E-state index in [2.05, 4.69) is 31.1 Å². The van der Waals surface area contributed by atoms with Gasteiger partial charge in [0, 0.05) is 18.0 Å². The highest BCUT2D eigenvalue weighted by molar-refractivity contribution is 6.32. The lowest BCUT2D eigenvalue weighted by Crippen LogP contribution is -2.41. The Morgan fingerprint density at radius 2 is 2.14 bits per heavy atom. The Bertz CT molecular complexity index is 667. The van der Waals surface area contributed by atoms with Gasteiger partial charge in [0.25, 0.3) is 0 Å². The van der Waals surface area contributed by atoms with Gasteiger partial charge in [-0.15, -0.1) is 0 Å². The van der Waals surface area contributed by atoms with Crippen molar-refractivity contribution in [2.45, 2.75) is 60.3 Å². The molecule has 0 spiro atoms. The smallest absolute Gasteiger partial charge is 0.231 e. The van der Waals surface area contributed by atoms with Crippen molar-refractivity contribution in [1.82, 2.24) is 5.32 Å². The van der Waals surface area contributed by atoms with E-state index in [1.54, 1.807) is 25.3 Å². The number of amidine groups is 1. The molecule has 0 aromatic rings. The summed E-state index contributed by atoms with van der Waals surface area (Å²) in [5.74, 6) is 2.22. The van der Waals surface area contributed by atoms with Gasteiger partial charge in [0.1, 0.15) is 17.3 Å². The lowest BCUT2D eigenvalue weighted by molar-refractivity contribution is -0.128. The molecule has 0 radical (unpaired) electrons. The molecular formula is C22H36ClN3O2. The van der Waals surface area contributed by atoms with E-state index in [-0.39, 0.29) is 5.91 Å². The number of nitrogens with one attached hydrogen (secondary N) is 1. The Morgan fingerprint density at radius 3 is 2.71 bits per heavy atom. The molecule has 158 valence electrons. The zero-order valence-corrected chi connectivity index (χ0v) is 18.9. The number of nitrogens with two attached hydrogens (primary N) is 1. The number of methoxy groups -OCH3 is 1. The molecule has 0 heterocycles. The number of allylic oxidation sites excluding steroid dienone is 3. The molecule has 5 nitrogen and oxygen atoms in total. The van der Waals surface area contributed by atoms with Crippen LogP contribution in [0.5, 0.6) is 0 Å². The highest BCUT2D eigenvalue weighted by Crippen LogP contribution is 2.42. The van der Waals surface area contributed by atoms with Crippen LogP contribution in [0.3, 0.4) is 0 Å². The van der Waals surface area contributed by atoms with Crippen LogP contribution in [0.4, 0.5) is 0 Å². The zero-order chi connectivity index (χ0) is 21.3. The van der Waals surface area contributed by atoms with E-state index in [0.29, 0.717) is 47.1 Å². The second-order valence-electron chi connectivity index (χ2n) is 7.81. The topological polar surface area (TPSA) is 76.7 Å². The first-order valence-electron chi connectivity index (χ1n) is 10.1. The highest BCUT2D eigenvalue weighted by atomic mass is 35.5. The molecule has 0 fully saturated rings. The minimum Gasteiger partial charge on any atom is -0.499 e. The molecule has 28 heavy (non-hydrogen) atoms. The molecule has 0 aromatic carbocycles. The summed E-state index contributed by atoms with van der Waals surface area (Å²) in [4.78, 5) is 17.2. The second-order valence-corrected chi connectivity index (χ2v) is 8.22. The van der Waals surface area contributed by atoms with Crippen LogP contribution in [-0.4, -0.2) is 25.4 Å². The van der Waals surface area contributed by atoms with E-state index >= 15 is 0 Å². The summed E-state index contributed by atoms with van der Waals surface area (Å²) in [5.41, 5.74) is 5.54. The maximum absolute atomic E-state index is 12.9. The van der Waals surface area contributed by atoms with E-state index in [0.717, 1.165) is 12.8 Å². The summed E-state index contributed by atoms with van der Waals surface area (Å²) in [6.07, 6.45) is 8.75. The first-order chi connectivity index (χ1) is 13.2. The normalized spacial score (nSPS) is 22.8. The molecule has 3 atom stereocenters. The van der Waals surface area contributed by atoms with E-state index in [1.807, 2.05) is 13.8 Å². The maximum atomic E-state index is 12.9. The van der Waals surface area contributed by atoms with Crippen LogP contribution < -0.4 is 11.1 Å². The Balaban J connectivity index is 2.78. The van der Waals surface area contributed by atoms with Crippen LogP contribution >= 0.6 is 11.6 Å². The summed E-state index contributed by atoms with van der Waals surface area (Å²) in [6.45, 7) is 11.1. The van der Waals surface area contributed by atoms with E-state index < -0.39 is 5.41 Å². The Hall–Kier alpha value is -1.75. The largest absolute Gasteiger partial charge is 0.499 e. The SMILES string of the molecule is C/C=C/C(N)=NC1=C(OC)CC(C)(C(=O)NCCCC(C)C(C)CC)C(Cl)=C1. The number of nitrogens with zero attached hydrogens (tertiary/aromatic N) is 1. The number of hydrogen-bond donors (Lipinski definition) is 2. The van der Waals surface area contributed by atoms with Gasteiger partial charge in [-0.05, 0) is 50.7 Å². The Morgan fingerprint density at radius 1 is 1.46 bits per heavy atom. The minimum atomic E-state index is -0.871. The van der Waals surface area contributed by atoms with Crippen LogP contribution in [0, 0.1) is 17.3 Å². The van der Waals surface area contributed by atoms with Crippen molar-refractivity contribution in [2.75, 3.05) is 13.7 Å². The lowest BCUT2D eigenvalue weighted by atomic mass is 9.80. The van der Waals surface area contributed by atoms with Crippen molar-refractivity contribution in [3.63, 3.8) is 0 Å². The number of hydrogen-bond acceptors (Lipinski definition) is 3. The van der Waals surface area contributed by atoms with Crippen molar-refractivity contribution in [1.29, 1.82) is 0 Å². The van der Waals surface area contributed by atoms with Crippen LogP contribution in [0.15, 0.2) is 39.7 Å². The number of carbonyl (C=O) groups is 1. The quantitative estimate of drug-likeness (QED) is 0.306. The van der Waals surface area contributed by atoms with Crippen molar-refractivity contribution in [3.8, 4) is 0 Å². The maximum Gasteiger partial charge on any atom is 0.231 e. The summed E-state index contributed by atoms with van der Waals surface area (Å²) in [5, 5.41) is 3.48. The van der Waals surface area contributed by atoms with E-state index in [1.165, 1.54) is 6.42 Å². The Labute approximate surface area is 175 Å². The second kappa shape index (κ2) is 11.3. The molecule has 0 saturated heterocycles. The van der Waals surface area contributed by atoms with Gasteiger partial charge in [0.2, 0.25) is 5.91 Å². The number of carbonyl (C=O) groups excluding carboxylic acids is 1. The third-order valence-electron chi connectivity index (χ3n) is 5.66. The van der Waals surface area contributed by atoms with E-state index in [4.69, 9.17) is 22.1 Å². The fourth-order valence-corrected chi connectivity index (χ4v) is 3.43. The molecule has 0 aromatic heterocycles. The predicted octanol–water partition coefficient (Wildman–Crippen LogP) is 4.89. The van der Waals surface area contributed by atoms with Gasteiger partial charge in [-0.1, -0.05) is 44.9 Å². The molecule has 1 rings (SSSR count). The van der Waals surface area contributed by atoms with Gasteiger partial charge in [0.05, 0.1) is 12.5 Å². The fourth-order valence-electron chi connectivity index (χ4n) is 3.17. The van der Waals surface area contributed by atoms with Gasteiger partial charge in [-0.2, -0.15) is 0 Å². The molecular weight excluding hydrogens is 374 g/mol. The number of rotatable bonds is 10. The molecule has 0 saturated carbocycles. The summed E-state index contributed by atoms with van der Waals surface area (Å²) in [6, 6.07) is 0. The monoisotopic (exact) mass is 409 g/mol. The van der Waals surface area contributed by atoms with Gasteiger partial charge in [-0.3, -0.25) is 4.79 Å². The molecule has 6 heteroatoms. The standard InChI is InChI=1S/C22H36ClN3O2/c1-7-10-20(24)26-17-13-19(23)22(5,14-18(17)28-6)21(27)25-12-9-11-16(4)15(3)8-2/h7,10,13,15-16H,8-9,11-12,14H2,1-6H3,(H2,24,26)(H,25,27)/b10-7+. The summed E-state index contributed by atoms with van der Waals surface area (Å²) in [7, 11) is 1.57. The predicted molar refractivity (Wildman–Crippen MR) is 118 cm³/mol. The van der Waals surface area contributed by atoms with Crippen molar-refractivity contribution < 1.29 is 9.53 Å². The molecule has 1 amide bonds. The molecule has 1 aliphatic carbocycles. The first kappa shape index (κ1) is 24.3. The average Bonchev–Trinajstić information content (AvgIpc) is 2.66. The molecule has 1 aliphatic rings. The van der Waals surface area contributed by atoms with Gasteiger partial charge in [0.15, 0.2) is 0 Å². The van der Waals surface area contributed by atoms with Crippen LogP contribution in [-0.2, 0) is 9.53 Å². The number of ether oxygens (including phenoxy) is 1. The van der Waals surface area contributed by atoms with Crippen LogP contribution in [0.25, 0.3) is 0 Å².